The Morgan fingerprint density at radius 3 is 2.08 bits per heavy atom. The Hall–Kier alpha value is -2.66. The first-order valence-corrected chi connectivity index (χ1v) is 8.29. The summed E-state index contributed by atoms with van der Waals surface area (Å²) in [7, 11) is 0. The van der Waals surface area contributed by atoms with Crippen molar-refractivity contribution in [3.8, 4) is 0 Å². The second-order valence-corrected chi connectivity index (χ2v) is 6.63. The zero-order valence-corrected chi connectivity index (χ0v) is 14.7. The molecule has 0 heterocycles. The van der Waals surface area contributed by atoms with Crippen molar-refractivity contribution in [2.45, 2.75) is 33.1 Å². The summed E-state index contributed by atoms with van der Waals surface area (Å²) < 4.78 is 0. The molecule has 1 unspecified atom stereocenters. The predicted octanol–water partition coefficient (Wildman–Crippen LogP) is 3.70. The lowest BCUT2D eigenvalue weighted by atomic mass is 9.89. The number of nitrogens with one attached hydrogen (secondary N) is 2. The van der Waals surface area contributed by atoms with E-state index in [2.05, 4.69) is 5.32 Å². The highest BCUT2D eigenvalue weighted by atomic mass is 16.5. The van der Waals surface area contributed by atoms with E-state index in [4.69, 9.17) is 5.21 Å². The van der Waals surface area contributed by atoms with Crippen LogP contribution in [0.4, 0.5) is 5.69 Å². The number of rotatable bonds is 6. The SMILES string of the molecule is CCC(C)(C)C(=O)Nc1ccc(C(C(=O)NO)c2ccccc2)cc1. The molecule has 2 rings (SSSR count). The standard InChI is InChI=1S/C20H24N2O3/c1-4-20(2,3)19(24)21-16-12-10-15(11-13-16)17(18(23)22-25)14-8-6-5-7-9-14/h5-13,17,25H,4H2,1-3H3,(H,21,24)(H,22,23). The molecule has 0 aliphatic heterocycles. The molecule has 0 radical (unpaired) electrons. The van der Waals surface area contributed by atoms with E-state index in [0.29, 0.717) is 5.69 Å². The summed E-state index contributed by atoms with van der Waals surface area (Å²) in [4.78, 5) is 24.4. The molecule has 5 nitrogen and oxygen atoms in total. The molecular formula is C20H24N2O3. The van der Waals surface area contributed by atoms with E-state index in [0.717, 1.165) is 17.5 Å². The van der Waals surface area contributed by atoms with Gasteiger partial charge in [0.25, 0.3) is 5.91 Å². The fourth-order valence-corrected chi connectivity index (χ4v) is 2.42. The molecule has 132 valence electrons. The zero-order chi connectivity index (χ0) is 18.4. The number of benzene rings is 2. The van der Waals surface area contributed by atoms with E-state index in [9.17, 15) is 9.59 Å². The van der Waals surface area contributed by atoms with Crippen molar-refractivity contribution in [2.75, 3.05) is 5.32 Å². The van der Waals surface area contributed by atoms with Gasteiger partial charge in [0.1, 0.15) is 0 Å². The molecule has 0 fully saturated rings. The summed E-state index contributed by atoms with van der Waals surface area (Å²) in [5.41, 5.74) is 3.46. The second kappa shape index (κ2) is 7.94. The summed E-state index contributed by atoms with van der Waals surface area (Å²) in [5, 5.41) is 12.0. The molecule has 0 spiro atoms. The van der Waals surface area contributed by atoms with Crippen molar-refractivity contribution in [2.24, 2.45) is 5.41 Å². The summed E-state index contributed by atoms with van der Waals surface area (Å²) in [6, 6.07) is 16.3. The van der Waals surface area contributed by atoms with Crippen LogP contribution in [0.2, 0.25) is 0 Å². The first-order chi connectivity index (χ1) is 11.9. The topological polar surface area (TPSA) is 78.4 Å². The van der Waals surface area contributed by atoms with Gasteiger partial charge in [-0.1, -0.05) is 63.2 Å². The Balaban J connectivity index is 2.24. The summed E-state index contributed by atoms with van der Waals surface area (Å²) in [5.74, 6) is -1.17. The number of carbonyl (C=O) groups is 2. The van der Waals surface area contributed by atoms with Crippen LogP contribution in [0.5, 0.6) is 0 Å². The molecule has 25 heavy (non-hydrogen) atoms. The van der Waals surface area contributed by atoms with Crippen LogP contribution < -0.4 is 10.8 Å². The lowest BCUT2D eigenvalue weighted by molar-refractivity contribution is -0.129. The van der Waals surface area contributed by atoms with Crippen molar-refractivity contribution in [1.82, 2.24) is 5.48 Å². The summed E-state index contributed by atoms with van der Waals surface area (Å²) in [6.07, 6.45) is 0.740. The molecule has 2 amide bonds. The van der Waals surface area contributed by atoms with E-state index < -0.39 is 17.2 Å². The van der Waals surface area contributed by atoms with Gasteiger partial charge in [0.15, 0.2) is 0 Å². The molecule has 0 aliphatic carbocycles. The molecule has 0 aliphatic rings. The highest BCUT2D eigenvalue weighted by Crippen LogP contribution is 2.27. The lowest BCUT2D eigenvalue weighted by Crippen LogP contribution is -2.30. The molecule has 3 N–H and O–H groups in total. The molecule has 0 saturated carbocycles. The van der Waals surface area contributed by atoms with Crippen LogP contribution in [-0.2, 0) is 9.59 Å². The average Bonchev–Trinajstić information content (AvgIpc) is 2.64. The largest absolute Gasteiger partial charge is 0.326 e. The minimum absolute atomic E-state index is 0.0459. The Bertz CT molecular complexity index is 724. The number of hydrogen-bond donors (Lipinski definition) is 3. The van der Waals surface area contributed by atoms with Crippen LogP contribution in [0.3, 0.4) is 0 Å². The third-order valence-electron chi connectivity index (χ3n) is 4.51. The van der Waals surface area contributed by atoms with Gasteiger partial charge in [-0.15, -0.1) is 0 Å². The normalized spacial score (nSPS) is 12.3. The van der Waals surface area contributed by atoms with E-state index in [1.54, 1.807) is 29.7 Å². The van der Waals surface area contributed by atoms with Gasteiger partial charge in [0.2, 0.25) is 5.91 Å². The van der Waals surface area contributed by atoms with E-state index >= 15 is 0 Å². The van der Waals surface area contributed by atoms with Crippen LogP contribution >= 0.6 is 0 Å². The molecule has 2 aromatic carbocycles. The van der Waals surface area contributed by atoms with Gasteiger partial charge in [-0.3, -0.25) is 14.8 Å². The van der Waals surface area contributed by atoms with Crippen LogP contribution in [0.1, 0.15) is 44.2 Å². The van der Waals surface area contributed by atoms with Crippen molar-refractivity contribution in [1.29, 1.82) is 0 Å². The van der Waals surface area contributed by atoms with Crippen molar-refractivity contribution in [3.63, 3.8) is 0 Å². The van der Waals surface area contributed by atoms with Crippen molar-refractivity contribution >= 4 is 17.5 Å². The van der Waals surface area contributed by atoms with Crippen LogP contribution in [0.15, 0.2) is 54.6 Å². The first kappa shape index (κ1) is 18.7. The Morgan fingerprint density at radius 2 is 1.56 bits per heavy atom. The smallest absolute Gasteiger partial charge is 0.255 e. The maximum Gasteiger partial charge on any atom is 0.255 e. The van der Waals surface area contributed by atoms with Crippen molar-refractivity contribution in [3.05, 3.63) is 65.7 Å². The number of amides is 2. The molecule has 2 aromatic rings. The van der Waals surface area contributed by atoms with Gasteiger partial charge in [-0.25, -0.2) is 5.48 Å². The fraction of sp³-hybridized carbons (Fsp3) is 0.300. The van der Waals surface area contributed by atoms with Gasteiger partial charge in [-0.05, 0) is 29.7 Å². The Labute approximate surface area is 148 Å². The quantitative estimate of drug-likeness (QED) is 0.554. The Kier molecular flexibility index (Phi) is 5.93. The van der Waals surface area contributed by atoms with Crippen LogP contribution in [0, 0.1) is 5.41 Å². The van der Waals surface area contributed by atoms with Crippen molar-refractivity contribution < 1.29 is 14.8 Å². The van der Waals surface area contributed by atoms with Gasteiger partial charge >= 0.3 is 0 Å². The number of hydroxylamine groups is 1. The van der Waals surface area contributed by atoms with Gasteiger partial charge in [0.05, 0.1) is 5.92 Å². The Morgan fingerprint density at radius 1 is 1.00 bits per heavy atom. The average molecular weight is 340 g/mol. The maximum atomic E-state index is 12.3. The number of anilines is 1. The van der Waals surface area contributed by atoms with E-state index in [1.165, 1.54) is 0 Å². The minimum atomic E-state index is -0.622. The first-order valence-electron chi connectivity index (χ1n) is 8.29. The number of carbonyl (C=O) groups excluding carboxylic acids is 2. The van der Waals surface area contributed by atoms with Crippen LogP contribution in [-0.4, -0.2) is 17.0 Å². The van der Waals surface area contributed by atoms with Crippen LogP contribution in [0.25, 0.3) is 0 Å². The van der Waals surface area contributed by atoms with Gasteiger partial charge in [0, 0.05) is 11.1 Å². The zero-order valence-electron chi connectivity index (χ0n) is 14.7. The molecule has 0 aromatic heterocycles. The predicted molar refractivity (Wildman–Crippen MR) is 97.4 cm³/mol. The van der Waals surface area contributed by atoms with Gasteiger partial charge in [-0.2, -0.15) is 0 Å². The third kappa shape index (κ3) is 4.45. The molecule has 5 heteroatoms. The minimum Gasteiger partial charge on any atom is -0.326 e. The lowest BCUT2D eigenvalue weighted by Gasteiger charge is -2.22. The molecular weight excluding hydrogens is 316 g/mol. The molecule has 1 atom stereocenters. The third-order valence-corrected chi connectivity index (χ3v) is 4.51. The highest BCUT2D eigenvalue weighted by molar-refractivity contribution is 5.95. The monoisotopic (exact) mass is 340 g/mol. The second-order valence-electron chi connectivity index (χ2n) is 6.63. The summed E-state index contributed by atoms with van der Waals surface area (Å²) >= 11 is 0. The highest BCUT2D eigenvalue weighted by Gasteiger charge is 2.26. The maximum absolute atomic E-state index is 12.3. The molecule has 0 bridgehead atoms. The molecule has 0 saturated heterocycles. The summed E-state index contributed by atoms with van der Waals surface area (Å²) in [6.45, 7) is 5.77. The van der Waals surface area contributed by atoms with E-state index in [1.807, 2.05) is 51.1 Å². The van der Waals surface area contributed by atoms with Gasteiger partial charge < -0.3 is 5.32 Å². The van der Waals surface area contributed by atoms with E-state index in [-0.39, 0.29) is 5.91 Å². The number of hydrogen-bond acceptors (Lipinski definition) is 3. The fourth-order valence-electron chi connectivity index (χ4n) is 2.42.